The maximum absolute atomic E-state index is 12.2. The standard InChI is InChI=1S/C24H30N2O6S/c1-15-11-17(12-16(2)27)5-10-21(15)18-6-8-19(9-7-18)22-13-20(32-26-22)14-24(3,23(28)25-29)33(4,30)31/h5-11,16,20,27,29H,12-14H2,1-4H3,(H,25,28). The number of carbonyl (C=O) groups excluding carboxylic acids is 1. The number of nitrogens with one attached hydrogen (secondary N) is 1. The molecule has 9 heteroatoms. The van der Waals surface area contributed by atoms with Crippen LogP contribution >= 0.6 is 0 Å². The Hall–Kier alpha value is -2.75. The number of amides is 1. The molecule has 8 nitrogen and oxygen atoms in total. The van der Waals surface area contributed by atoms with Gasteiger partial charge in [0.15, 0.2) is 14.6 Å². The van der Waals surface area contributed by atoms with Gasteiger partial charge in [0.25, 0.3) is 5.91 Å². The van der Waals surface area contributed by atoms with Crippen LogP contribution < -0.4 is 5.48 Å². The summed E-state index contributed by atoms with van der Waals surface area (Å²) < 4.78 is 22.5. The van der Waals surface area contributed by atoms with E-state index in [-0.39, 0.29) is 12.5 Å². The number of aliphatic hydroxyl groups excluding tert-OH is 1. The van der Waals surface area contributed by atoms with Crippen LogP contribution in [0.4, 0.5) is 0 Å². The van der Waals surface area contributed by atoms with Gasteiger partial charge in [0.2, 0.25) is 0 Å². The summed E-state index contributed by atoms with van der Waals surface area (Å²) in [5.41, 5.74) is 7.29. The van der Waals surface area contributed by atoms with Crippen molar-refractivity contribution in [2.24, 2.45) is 5.16 Å². The van der Waals surface area contributed by atoms with Gasteiger partial charge >= 0.3 is 0 Å². The van der Waals surface area contributed by atoms with E-state index in [1.165, 1.54) is 12.4 Å². The first kappa shape index (κ1) is 24.9. The van der Waals surface area contributed by atoms with Crippen LogP contribution in [0.5, 0.6) is 0 Å². The summed E-state index contributed by atoms with van der Waals surface area (Å²) in [5.74, 6) is -0.999. The lowest BCUT2D eigenvalue weighted by Gasteiger charge is -2.26. The molecule has 178 valence electrons. The molecule has 2 aromatic rings. The Balaban J connectivity index is 1.72. The average Bonchev–Trinajstić information content (AvgIpc) is 3.20. The van der Waals surface area contributed by atoms with Crippen molar-refractivity contribution < 1.29 is 28.4 Å². The number of oxime groups is 1. The van der Waals surface area contributed by atoms with E-state index >= 15 is 0 Å². The van der Waals surface area contributed by atoms with Gasteiger partial charge < -0.3 is 9.94 Å². The fourth-order valence-corrected chi connectivity index (χ4v) is 4.90. The van der Waals surface area contributed by atoms with Crippen molar-refractivity contribution in [1.82, 2.24) is 5.48 Å². The molecule has 0 fully saturated rings. The number of hydrogen-bond acceptors (Lipinski definition) is 7. The molecule has 0 bridgehead atoms. The zero-order valence-electron chi connectivity index (χ0n) is 19.2. The van der Waals surface area contributed by atoms with E-state index in [0.29, 0.717) is 18.6 Å². The monoisotopic (exact) mass is 474 g/mol. The number of aryl methyl sites for hydroxylation is 1. The van der Waals surface area contributed by atoms with Crippen molar-refractivity contribution >= 4 is 21.5 Å². The number of nitrogens with zero attached hydrogens (tertiary/aromatic N) is 1. The van der Waals surface area contributed by atoms with E-state index in [2.05, 4.69) is 11.2 Å². The quantitative estimate of drug-likeness (QED) is 0.399. The molecule has 3 atom stereocenters. The average molecular weight is 475 g/mol. The van der Waals surface area contributed by atoms with Crippen LogP contribution in [-0.2, 0) is 25.9 Å². The lowest BCUT2D eigenvalue weighted by atomic mass is 9.94. The minimum Gasteiger partial charge on any atom is -0.393 e. The van der Waals surface area contributed by atoms with Gasteiger partial charge in [0, 0.05) is 19.1 Å². The summed E-state index contributed by atoms with van der Waals surface area (Å²) in [6.07, 6.45) is 0.773. The molecular weight excluding hydrogens is 444 g/mol. The first-order valence-electron chi connectivity index (χ1n) is 10.7. The van der Waals surface area contributed by atoms with Crippen LogP contribution in [0.2, 0.25) is 0 Å². The second-order valence-electron chi connectivity index (χ2n) is 8.90. The molecule has 1 aliphatic rings. The van der Waals surface area contributed by atoms with Gasteiger partial charge in [-0.3, -0.25) is 10.0 Å². The van der Waals surface area contributed by atoms with E-state index in [1.54, 1.807) is 6.92 Å². The molecule has 2 aromatic carbocycles. The van der Waals surface area contributed by atoms with Gasteiger partial charge in [0.05, 0.1) is 11.8 Å². The normalized spacial score (nSPS) is 18.7. The maximum atomic E-state index is 12.2. The Morgan fingerprint density at radius 3 is 2.42 bits per heavy atom. The van der Waals surface area contributed by atoms with E-state index in [0.717, 1.165) is 34.1 Å². The van der Waals surface area contributed by atoms with Crippen molar-refractivity contribution in [1.29, 1.82) is 0 Å². The lowest BCUT2D eigenvalue weighted by Crippen LogP contribution is -2.51. The van der Waals surface area contributed by atoms with Gasteiger partial charge in [-0.25, -0.2) is 13.9 Å². The third-order valence-corrected chi connectivity index (χ3v) is 8.09. The highest BCUT2D eigenvalue weighted by Gasteiger charge is 2.47. The van der Waals surface area contributed by atoms with Crippen molar-refractivity contribution in [3.05, 3.63) is 59.2 Å². The molecule has 0 aliphatic carbocycles. The third-order valence-electron chi connectivity index (χ3n) is 6.10. The molecule has 3 unspecified atom stereocenters. The number of carbonyl (C=O) groups is 1. The molecule has 3 N–H and O–H groups in total. The minimum absolute atomic E-state index is 0.138. The van der Waals surface area contributed by atoms with Crippen LogP contribution in [0.15, 0.2) is 47.6 Å². The first-order chi connectivity index (χ1) is 15.4. The van der Waals surface area contributed by atoms with Crippen LogP contribution in [-0.4, -0.2) is 53.6 Å². The SMILES string of the molecule is Cc1cc(CC(C)O)ccc1-c1ccc(C2=NOC(CC(C)(C(=O)NO)S(C)(=O)=O)C2)cc1. The summed E-state index contributed by atoms with van der Waals surface area (Å²) in [6, 6.07) is 14.0. The Labute approximate surface area is 194 Å². The van der Waals surface area contributed by atoms with Crippen molar-refractivity contribution in [3.63, 3.8) is 0 Å². The molecule has 3 rings (SSSR count). The molecule has 0 aromatic heterocycles. The zero-order valence-corrected chi connectivity index (χ0v) is 20.0. The number of sulfone groups is 1. The fourth-order valence-electron chi connectivity index (χ4n) is 4.03. The predicted octanol–water partition coefficient (Wildman–Crippen LogP) is 2.78. The summed E-state index contributed by atoms with van der Waals surface area (Å²) in [5, 5.41) is 22.7. The Morgan fingerprint density at radius 1 is 1.24 bits per heavy atom. The van der Waals surface area contributed by atoms with Crippen LogP contribution in [0.25, 0.3) is 11.1 Å². The van der Waals surface area contributed by atoms with Gasteiger partial charge in [-0.15, -0.1) is 0 Å². The maximum Gasteiger partial charge on any atom is 0.264 e. The molecular formula is C24H30N2O6S. The summed E-state index contributed by atoms with van der Waals surface area (Å²) in [4.78, 5) is 17.5. The highest BCUT2D eigenvalue weighted by atomic mass is 32.2. The summed E-state index contributed by atoms with van der Waals surface area (Å²) in [7, 11) is -3.81. The van der Waals surface area contributed by atoms with Crippen LogP contribution in [0.1, 0.15) is 43.4 Å². The molecule has 0 saturated heterocycles. The van der Waals surface area contributed by atoms with Gasteiger partial charge in [0.1, 0.15) is 6.10 Å². The van der Waals surface area contributed by atoms with Crippen molar-refractivity contribution in [2.45, 2.75) is 57.0 Å². The third kappa shape index (κ3) is 5.43. The largest absolute Gasteiger partial charge is 0.393 e. The van der Waals surface area contributed by atoms with E-state index in [9.17, 15) is 18.3 Å². The molecule has 33 heavy (non-hydrogen) atoms. The van der Waals surface area contributed by atoms with Crippen LogP contribution in [0.3, 0.4) is 0 Å². The van der Waals surface area contributed by atoms with Gasteiger partial charge in [-0.05, 0) is 55.0 Å². The van der Waals surface area contributed by atoms with Crippen LogP contribution in [0, 0.1) is 6.92 Å². The second-order valence-corrected chi connectivity index (χ2v) is 11.3. The Kier molecular flexibility index (Phi) is 7.26. The first-order valence-corrected chi connectivity index (χ1v) is 12.6. The fraction of sp³-hybridized carbons (Fsp3) is 0.417. The zero-order chi connectivity index (χ0) is 24.4. The van der Waals surface area contributed by atoms with Crippen molar-refractivity contribution in [2.75, 3.05) is 6.26 Å². The number of aliphatic hydroxyl groups is 1. The van der Waals surface area contributed by atoms with Gasteiger partial charge in [-0.2, -0.15) is 0 Å². The minimum atomic E-state index is -3.81. The highest BCUT2D eigenvalue weighted by Crippen LogP contribution is 2.30. The smallest absolute Gasteiger partial charge is 0.264 e. The molecule has 0 spiro atoms. The number of rotatable bonds is 8. The highest BCUT2D eigenvalue weighted by molar-refractivity contribution is 7.92. The van der Waals surface area contributed by atoms with Gasteiger partial charge in [-0.1, -0.05) is 47.6 Å². The number of benzene rings is 2. The second kappa shape index (κ2) is 9.62. The number of hydrogen-bond donors (Lipinski definition) is 3. The van der Waals surface area contributed by atoms with E-state index in [1.807, 2.05) is 43.3 Å². The molecule has 1 amide bonds. The Bertz CT molecular complexity index is 1160. The predicted molar refractivity (Wildman–Crippen MR) is 126 cm³/mol. The molecule has 0 saturated carbocycles. The van der Waals surface area contributed by atoms with Crippen molar-refractivity contribution in [3.8, 4) is 11.1 Å². The van der Waals surface area contributed by atoms with E-state index in [4.69, 9.17) is 10.0 Å². The number of hydroxylamine groups is 1. The molecule has 1 aliphatic heterocycles. The van der Waals surface area contributed by atoms with E-state index < -0.39 is 26.6 Å². The Morgan fingerprint density at radius 2 is 1.88 bits per heavy atom. The molecule has 0 radical (unpaired) electrons. The molecule has 1 heterocycles. The topological polar surface area (TPSA) is 125 Å². The summed E-state index contributed by atoms with van der Waals surface area (Å²) in [6.45, 7) is 5.07. The lowest BCUT2D eigenvalue weighted by molar-refractivity contribution is -0.132. The summed E-state index contributed by atoms with van der Waals surface area (Å²) >= 11 is 0.